The van der Waals surface area contributed by atoms with E-state index in [4.69, 9.17) is 26.2 Å². The predicted octanol–water partition coefficient (Wildman–Crippen LogP) is 0.734. The van der Waals surface area contributed by atoms with E-state index in [1.54, 1.807) is 6.92 Å². The first-order chi connectivity index (χ1) is 10.7. The molecule has 6 nitrogen and oxygen atoms in total. The molecule has 0 aromatic heterocycles. The van der Waals surface area contributed by atoms with Crippen molar-refractivity contribution in [3.63, 3.8) is 0 Å². The zero-order valence-electron chi connectivity index (χ0n) is 14.1. The van der Waals surface area contributed by atoms with Crippen LogP contribution in [0.25, 0.3) is 0 Å². The normalized spacial score (nSPS) is 12.5. The molecule has 23 heavy (non-hydrogen) atoms. The van der Waals surface area contributed by atoms with Crippen molar-refractivity contribution in [2.24, 2.45) is 11.7 Å². The summed E-state index contributed by atoms with van der Waals surface area (Å²) in [5.41, 5.74) is 6.08. The Hall–Kier alpha value is -1.47. The minimum absolute atomic E-state index is 0.403. The Balaban J connectivity index is 0.000000515. The van der Waals surface area contributed by atoms with Gasteiger partial charge >= 0.3 is 5.97 Å². The molecule has 0 aliphatic carbocycles. The third kappa shape index (κ3) is 8.08. The summed E-state index contributed by atoms with van der Waals surface area (Å²) >= 11 is 0. The molecule has 6 N–H and O–H groups in total. The van der Waals surface area contributed by atoms with Gasteiger partial charge in [0.2, 0.25) is 0 Å². The molecule has 1 rings (SSSR count). The van der Waals surface area contributed by atoms with Crippen LogP contribution in [0.4, 0.5) is 0 Å². The molecule has 0 saturated carbocycles. The van der Waals surface area contributed by atoms with E-state index in [2.05, 4.69) is 13.8 Å². The molecule has 0 unspecified atom stereocenters. The largest absolute Gasteiger partial charge is 0.481 e. The summed E-state index contributed by atoms with van der Waals surface area (Å²) in [6.07, 6.45) is 1.04. The fourth-order valence-corrected chi connectivity index (χ4v) is 1.71. The molecule has 0 aliphatic rings. The fourth-order valence-electron chi connectivity index (χ4n) is 1.71. The van der Waals surface area contributed by atoms with Gasteiger partial charge in [-0.05, 0) is 30.4 Å². The van der Waals surface area contributed by atoms with Gasteiger partial charge in [-0.3, -0.25) is 4.79 Å². The first kappa shape index (κ1) is 21.5. The third-order valence-electron chi connectivity index (χ3n) is 3.44. The highest BCUT2D eigenvalue weighted by atomic mass is 16.4. The Bertz CT molecular complexity index is 446. The highest BCUT2D eigenvalue weighted by Crippen LogP contribution is 2.17. The maximum absolute atomic E-state index is 10.8. The lowest BCUT2D eigenvalue weighted by Crippen LogP contribution is -2.50. The summed E-state index contributed by atoms with van der Waals surface area (Å²) in [6.45, 7) is 4.85. The van der Waals surface area contributed by atoms with Crippen LogP contribution in [0.2, 0.25) is 0 Å². The molecule has 0 aliphatic heterocycles. The van der Waals surface area contributed by atoms with Crippen LogP contribution >= 0.6 is 0 Å². The van der Waals surface area contributed by atoms with Gasteiger partial charge in [-0.25, -0.2) is 0 Å². The minimum Gasteiger partial charge on any atom is -0.481 e. The average Bonchev–Trinajstić information content (AvgIpc) is 2.54. The van der Waals surface area contributed by atoms with Gasteiger partial charge in [-0.1, -0.05) is 38.1 Å². The molecule has 132 valence electrons. The number of aliphatic hydroxyl groups excluding tert-OH is 3. The number of carboxylic acids is 1. The van der Waals surface area contributed by atoms with Gasteiger partial charge in [-0.2, -0.15) is 0 Å². The van der Waals surface area contributed by atoms with Gasteiger partial charge in [-0.15, -0.1) is 0 Å². The SMILES string of the molecule is CC(C)Cc1ccc([C@@H](C)C(=O)O)cc1.NC(CO)(CO)CO. The van der Waals surface area contributed by atoms with Crippen molar-refractivity contribution in [1.29, 1.82) is 0 Å². The highest BCUT2D eigenvalue weighted by molar-refractivity contribution is 5.75. The molecular formula is C17H29NO5. The molecule has 0 amide bonds. The molecule has 0 heterocycles. The van der Waals surface area contributed by atoms with Crippen LogP contribution in [0.3, 0.4) is 0 Å². The van der Waals surface area contributed by atoms with Gasteiger partial charge in [0, 0.05) is 0 Å². The van der Waals surface area contributed by atoms with Crippen LogP contribution in [0.15, 0.2) is 24.3 Å². The molecule has 0 spiro atoms. The maximum Gasteiger partial charge on any atom is 0.310 e. The molecule has 0 bridgehead atoms. The van der Waals surface area contributed by atoms with Crippen LogP contribution in [-0.2, 0) is 11.2 Å². The number of hydrogen-bond acceptors (Lipinski definition) is 5. The molecule has 1 aromatic carbocycles. The smallest absolute Gasteiger partial charge is 0.310 e. The number of hydrogen-bond donors (Lipinski definition) is 5. The van der Waals surface area contributed by atoms with Crippen molar-refractivity contribution in [3.05, 3.63) is 35.4 Å². The number of benzene rings is 1. The molecule has 6 heteroatoms. The zero-order chi connectivity index (χ0) is 18.0. The van der Waals surface area contributed by atoms with Crippen LogP contribution in [0, 0.1) is 5.92 Å². The summed E-state index contributed by atoms with van der Waals surface area (Å²) in [5.74, 6) is -0.558. The van der Waals surface area contributed by atoms with E-state index in [0.717, 1.165) is 12.0 Å². The van der Waals surface area contributed by atoms with Gasteiger partial charge in [0.1, 0.15) is 0 Å². The highest BCUT2D eigenvalue weighted by Gasteiger charge is 2.20. The Morgan fingerprint density at radius 3 is 1.74 bits per heavy atom. The van der Waals surface area contributed by atoms with Crippen LogP contribution in [-0.4, -0.2) is 51.8 Å². The van der Waals surface area contributed by atoms with Crippen molar-refractivity contribution < 1.29 is 25.2 Å². The van der Waals surface area contributed by atoms with E-state index < -0.39 is 37.2 Å². The molecular weight excluding hydrogens is 298 g/mol. The average molecular weight is 327 g/mol. The maximum atomic E-state index is 10.8. The summed E-state index contributed by atoms with van der Waals surface area (Å²) in [6, 6.07) is 7.87. The van der Waals surface area contributed by atoms with Crippen LogP contribution in [0.5, 0.6) is 0 Å². The second kappa shape index (κ2) is 10.3. The first-order valence-electron chi connectivity index (χ1n) is 7.62. The quantitative estimate of drug-likeness (QED) is 0.503. The van der Waals surface area contributed by atoms with E-state index in [1.165, 1.54) is 5.56 Å². The second-order valence-electron chi connectivity index (χ2n) is 6.24. The van der Waals surface area contributed by atoms with E-state index in [-0.39, 0.29) is 0 Å². The Morgan fingerprint density at radius 2 is 1.48 bits per heavy atom. The Morgan fingerprint density at radius 1 is 1.04 bits per heavy atom. The standard InChI is InChI=1S/C13H18O2.C4H11NO3/c1-9(2)8-11-4-6-12(7-5-11)10(3)13(14)15;5-4(1-6,2-7)3-8/h4-7,9-10H,8H2,1-3H3,(H,14,15);6-8H,1-3,5H2/t10-;/m1./s1. The molecule has 1 aromatic rings. The van der Waals surface area contributed by atoms with Gasteiger partial charge < -0.3 is 26.2 Å². The number of carbonyl (C=O) groups is 1. The Labute approximate surface area is 137 Å². The molecule has 0 saturated heterocycles. The van der Waals surface area contributed by atoms with Crippen LogP contribution in [0.1, 0.15) is 37.8 Å². The lowest BCUT2D eigenvalue weighted by molar-refractivity contribution is -0.138. The second-order valence-corrected chi connectivity index (χ2v) is 6.24. The van der Waals surface area contributed by atoms with Gasteiger partial charge in [0.15, 0.2) is 0 Å². The first-order valence-corrected chi connectivity index (χ1v) is 7.62. The van der Waals surface area contributed by atoms with Crippen molar-refractivity contribution in [2.75, 3.05) is 19.8 Å². The van der Waals surface area contributed by atoms with Crippen molar-refractivity contribution in [1.82, 2.24) is 0 Å². The summed E-state index contributed by atoms with van der Waals surface area (Å²) in [5, 5.41) is 33.9. The third-order valence-corrected chi connectivity index (χ3v) is 3.44. The fraction of sp³-hybridized carbons (Fsp3) is 0.588. The number of carboxylic acid groups (broad SMARTS) is 1. The molecule has 0 radical (unpaired) electrons. The van der Waals surface area contributed by atoms with Crippen molar-refractivity contribution in [3.8, 4) is 0 Å². The number of rotatable bonds is 7. The number of aliphatic carboxylic acids is 1. The summed E-state index contributed by atoms with van der Waals surface area (Å²) in [7, 11) is 0. The minimum atomic E-state index is -1.21. The van der Waals surface area contributed by atoms with Crippen LogP contribution < -0.4 is 5.73 Å². The predicted molar refractivity (Wildman–Crippen MR) is 89.2 cm³/mol. The summed E-state index contributed by atoms with van der Waals surface area (Å²) in [4.78, 5) is 10.8. The monoisotopic (exact) mass is 327 g/mol. The van der Waals surface area contributed by atoms with Gasteiger partial charge in [0.05, 0.1) is 31.3 Å². The van der Waals surface area contributed by atoms with E-state index >= 15 is 0 Å². The number of nitrogens with two attached hydrogens (primary N) is 1. The van der Waals surface area contributed by atoms with Crippen molar-refractivity contribution in [2.45, 2.75) is 38.6 Å². The van der Waals surface area contributed by atoms with E-state index in [9.17, 15) is 4.79 Å². The topological polar surface area (TPSA) is 124 Å². The number of aliphatic hydroxyl groups is 3. The van der Waals surface area contributed by atoms with Gasteiger partial charge in [0.25, 0.3) is 0 Å². The van der Waals surface area contributed by atoms with E-state index in [0.29, 0.717) is 5.92 Å². The zero-order valence-corrected chi connectivity index (χ0v) is 14.1. The molecule has 1 atom stereocenters. The lowest BCUT2D eigenvalue weighted by Gasteiger charge is -2.20. The lowest BCUT2D eigenvalue weighted by atomic mass is 9.97. The van der Waals surface area contributed by atoms with E-state index in [1.807, 2.05) is 24.3 Å². The van der Waals surface area contributed by atoms with Crippen molar-refractivity contribution >= 4 is 5.97 Å². The molecule has 0 fully saturated rings. The summed E-state index contributed by atoms with van der Waals surface area (Å²) < 4.78 is 0. The Kier molecular flexibility index (Phi) is 9.67.